The Bertz CT molecular complexity index is 610. The summed E-state index contributed by atoms with van der Waals surface area (Å²) in [6.45, 7) is 6.31. The van der Waals surface area contributed by atoms with Crippen LogP contribution in [0, 0.1) is 5.92 Å². The molecule has 1 fully saturated rings. The van der Waals surface area contributed by atoms with Gasteiger partial charge in [0.25, 0.3) is 5.91 Å². The van der Waals surface area contributed by atoms with Crippen LogP contribution in [0.1, 0.15) is 44.0 Å². The normalized spacial score (nSPS) is 15.5. The van der Waals surface area contributed by atoms with Crippen LogP contribution in [0.2, 0.25) is 0 Å². The molecule has 0 radical (unpaired) electrons. The maximum Gasteiger partial charge on any atom is 0.338 e. The van der Waals surface area contributed by atoms with Crippen molar-refractivity contribution in [1.29, 1.82) is 0 Å². The van der Waals surface area contributed by atoms with Crippen molar-refractivity contribution in [2.75, 3.05) is 18.1 Å². The molecule has 6 heteroatoms. The van der Waals surface area contributed by atoms with Gasteiger partial charge in [-0.3, -0.25) is 9.59 Å². The van der Waals surface area contributed by atoms with E-state index >= 15 is 0 Å². The number of nitrogens with one attached hydrogen (secondary N) is 1. The van der Waals surface area contributed by atoms with E-state index in [2.05, 4.69) is 5.32 Å². The highest BCUT2D eigenvalue weighted by molar-refractivity contribution is 5.96. The van der Waals surface area contributed by atoms with E-state index < -0.39 is 5.97 Å². The number of ether oxygens (including phenoxy) is 1. The van der Waals surface area contributed by atoms with E-state index in [0.29, 0.717) is 24.4 Å². The maximum absolute atomic E-state index is 12.0. The van der Waals surface area contributed by atoms with Gasteiger partial charge < -0.3 is 15.0 Å². The van der Waals surface area contributed by atoms with E-state index in [1.54, 1.807) is 29.2 Å². The number of carbonyl (C=O) groups excluding carboxylic acids is 3. The van der Waals surface area contributed by atoms with Gasteiger partial charge in [-0.2, -0.15) is 0 Å². The SMILES string of the molecule is CC(C)[C@@H](C)NC(=O)COC(=O)c1ccc(N2CCCC2=O)cc1. The number of amides is 2. The smallest absolute Gasteiger partial charge is 0.338 e. The summed E-state index contributed by atoms with van der Waals surface area (Å²) in [5.74, 6) is -0.461. The van der Waals surface area contributed by atoms with Gasteiger partial charge in [0.2, 0.25) is 5.91 Å². The number of rotatable bonds is 6. The number of hydrogen-bond acceptors (Lipinski definition) is 4. The lowest BCUT2D eigenvalue weighted by Gasteiger charge is -2.17. The van der Waals surface area contributed by atoms with Crippen molar-refractivity contribution < 1.29 is 19.1 Å². The number of anilines is 1. The summed E-state index contributed by atoms with van der Waals surface area (Å²) in [7, 11) is 0. The molecule has 0 unspecified atom stereocenters. The van der Waals surface area contributed by atoms with E-state index in [-0.39, 0.29) is 24.5 Å². The fraction of sp³-hybridized carbons (Fsp3) is 0.500. The second-order valence-corrected chi connectivity index (χ2v) is 6.37. The van der Waals surface area contributed by atoms with Gasteiger partial charge in [-0.15, -0.1) is 0 Å². The molecule has 1 aliphatic heterocycles. The average Bonchev–Trinajstić information content (AvgIpc) is 2.98. The highest BCUT2D eigenvalue weighted by atomic mass is 16.5. The zero-order chi connectivity index (χ0) is 17.7. The van der Waals surface area contributed by atoms with Gasteiger partial charge in [-0.25, -0.2) is 4.79 Å². The summed E-state index contributed by atoms with van der Waals surface area (Å²) in [4.78, 5) is 37.1. The Labute approximate surface area is 142 Å². The predicted molar refractivity (Wildman–Crippen MR) is 90.8 cm³/mol. The molecule has 130 valence electrons. The van der Waals surface area contributed by atoms with E-state index in [4.69, 9.17) is 4.74 Å². The summed E-state index contributed by atoms with van der Waals surface area (Å²) in [5, 5.41) is 2.78. The quantitative estimate of drug-likeness (QED) is 0.810. The van der Waals surface area contributed by atoms with Crippen molar-refractivity contribution in [3.05, 3.63) is 29.8 Å². The molecule has 1 atom stereocenters. The van der Waals surface area contributed by atoms with Crippen molar-refractivity contribution in [3.63, 3.8) is 0 Å². The van der Waals surface area contributed by atoms with E-state index in [1.165, 1.54) is 0 Å². The second kappa shape index (κ2) is 7.95. The lowest BCUT2D eigenvalue weighted by Crippen LogP contribution is -2.38. The third-order valence-electron chi connectivity index (χ3n) is 4.21. The van der Waals surface area contributed by atoms with Gasteiger partial charge in [-0.1, -0.05) is 13.8 Å². The fourth-order valence-corrected chi connectivity index (χ4v) is 2.38. The van der Waals surface area contributed by atoms with E-state index in [0.717, 1.165) is 12.1 Å². The lowest BCUT2D eigenvalue weighted by atomic mass is 10.1. The van der Waals surface area contributed by atoms with Crippen LogP contribution in [-0.4, -0.2) is 37.0 Å². The van der Waals surface area contributed by atoms with Crippen LogP contribution < -0.4 is 10.2 Å². The molecule has 0 spiro atoms. The van der Waals surface area contributed by atoms with E-state index in [9.17, 15) is 14.4 Å². The molecule has 0 aliphatic carbocycles. The van der Waals surface area contributed by atoms with Crippen LogP contribution >= 0.6 is 0 Å². The minimum Gasteiger partial charge on any atom is -0.452 e. The third-order valence-corrected chi connectivity index (χ3v) is 4.21. The first kappa shape index (κ1) is 18.0. The van der Waals surface area contributed by atoms with Gasteiger partial charge >= 0.3 is 5.97 Å². The number of esters is 1. The van der Waals surface area contributed by atoms with E-state index in [1.807, 2.05) is 20.8 Å². The van der Waals surface area contributed by atoms with Crippen molar-refractivity contribution >= 4 is 23.5 Å². The maximum atomic E-state index is 12.0. The molecule has 2 rings (SSSR count). The van der Waals surface area contributed by atoms with Gasteiger partial charge in [0.15, 0.2) is 6.61 Å². The van der Waals surface area contributed by atoms with Crippen LogP contribution in [0.15, 0.2) is 24.3 Å². The Kier molecular flexibility index (Phi) is 5.95. The van der Waals surface area contributed by atoms with Gasteiger partial charge in [0, 0.05) is 24.7 Å². The molecular formula is C18H24N2O4. The largest absolute Gasteiger partial charge is 0.452 e. The Morgan fingerprint density at radius 2 is 1.88 bits per heavy atom. The molecule has 6 nitrogen and oxygen atoms in total. The molecule has 1 heterocycles. The minimum atomic E-state index is -0.554. The van der Waals surface area contributed by atoms with Crippen LogP contribution in [0.25, 0.3) is 0 Å². The zero-order valence-corrected chi connectivity index (χ0v) is 14.4. The standard InChI is InChI=1S/C18H24N2O4/c1-12(2)13(3)19-16(21)11-24-18(23)14-6-8-15(9-7-14)20-10-4-5-17(20)22/h6-9,12-13H,4-5,10-11H2,1-3H3,(H,19,21)/t13-/m1/s1. The lowest BCUT2D eigenvalue weighted by molar-refractivity contribution is -0.125. The third kappa shape index (κ3) is 4.57. The van der Waals surface area contributed by atoms with Crippen molar-refractivity contribution in [3.8, 4) is 0 Å². The van der Waals surface area contributed by atoms with Gasteiger partial charge in [0.1, 0.15) is 0 Å². The number of carbonyl (C=O) groups is 3. The predicted octanol–water partition coefficient (Wildman–Crippen LogP) is 2.13. The number of benzene rings is 1. The summed E-state index contributed by atoms with van der Waals surface area (Å²) >= 11 is 0. The summed E-state index contributed by atoms with van der Waals surface area (Å²) < 4.78 is 5.03. The van der Waals surface area contributed by atoms with Crippen LogP contribution in [0.4, 0.5) is 5.69 Å². The topological polar surface area (TPSA) is 75.7 Å². The van der Waals surface area contributed by atoms with Crippen LogP contribution in [0.3, 0.4) is 0 Å². The molecule has 1 saturated heterocycles. The minimum absolute atomic E-state index is 0.0217. The van der Waals surface area contributed by atoms with Crippen LogP contribution in [0.5, 0.6) is 0 Å². The molecule has 1 aromatic rings. The Hall–Kier alpha value is -2.37. The summed E-state index contributed by atoms with van der Waals surface area (Å²) in [6.07, 6.45) is 1.42. The molecular weight excluding hydrogens is 308 g/mol. The molecule has 1 aromatic carbocycles. The first-order chi connectivity index (χ1) is 11.4. The molecule has 24 heavy (non-hydrogen) atoms. The molecule has 0 bridgehead atoms. The molecule has 1 aliphatic rings. The first-order valence-corrected chi connectivity index (χ1v) is 8.25. The first-order valence-electron chi connectivity index (χ1n) is 8.25. The molecule has 2 amide bonds. The summed E-state index contributed by atoms with van der Waals surface area (Å²) in [6, 6.07) is 6.69. The average molecular weight is 332 g/mol. The van der Waals surface area contributed by atoms with Crippen molar-refractivity contribution in [2.24, 2.45) is 5.92 Å². The summed E-state index contributed by atoms with van der Waals surface area (Å²) in [5.41, 5.74) is 1.13. The Balaban J connectivity index is 1.86. The van der Waals surface area contributed by atoms with Gasteiger partial charge in [0.05, 0.1) is 5.56 Å². The second-order valence-electron chi connectivity index (χ2n) is 6.37. The Morgan fingerprint density at radius 3 is 2.42 bits per heavy atom. The van der Waals surface area contributed by atoms with Crippen molar-refractivity contribution in [1.82, 2.24) is 5.32 Å². The highest BCUT2D eigenvalue weighted by Gasteiger charge is 2.22. The molecule has 0 saturated carbocycles. The highest BCUT2D eigenvalue weighted by Crippen LogP contribution is 2.21. The van der Waals surface area contributed by atoms with Crippen LogP contribution in [-0.2, 0) is 14.3 Å². The van der Waals surface area contributed by atoms with Crippen molar-refractivity contribution in [2.45, 2.75) is 39.7 Å². The zero-order valence-electron chi connectivity index (χ0n) is 14.4. The molecule has 0 aromatic heterocycles. The fourth-order valence-electron chi connectivity index (χ4n) is 2.38. The van der Waals surface area contributed by atoms with Gasteiger partial charge in [-0.05, 0) is 43.5 Å². The Morgan fingerprint density at radius 1 is 1.21 bits per heavy atom. The number of hydrogen-bond donors (Lipinski definition) is 1. The number of nitrogens with zero attached hydrogens (tertiary/aromatic N) is 1. The molecule has 1 N–H and O–H groups in total. The monoisotopic (exact) mass is 332 g/mol.